The van der Waals surface area contributed by atoms with Gasteiger partial charge in [-0.1, -0.05) is 200 Å². The standard InChI is InChI=1S/C64H42N4SSi/c1-4-18-46(19-5-1)70(47-20-6-2-7-21-47,48-22-8-3-9-23-48)49-36-32-43(33-37-49)64-65-56(44-34-38-54-53-27-13-17-31-61(53)69-62(54)40-44)42-63(66-64)68-59-30-16-12-26-52(59)55-41-45(35-39-60(55)68)67-57-28-14-10-24-50(57)51-25-11-15-29-58(51)67/h1-42H. The van der Waals surface area contributed by atoms with Gasteiger partial charge in [0.05, 0.1) is 27.8 Å². The van der Waals surface area contributed by atoms with Crippen molar-refractivity contribution in [3.63, 3.8) is 0 Å². The van der Waals surface area contributed by atoms with E-state index in [0.717, 1.165) is 44.7 Å². The molecule has 0 aliphatic carbocycles. The SMILES string of the molecule is c1ccc([Si](c2ccccc2)(c2ccccc2)c2ccc(-c3nc(-c4ccc5c(c4)sc4ccccc45)cc(-n4c5ccccc5c5cc(-n6c7ccccc7c7ccccc76)ccc54)n3)cc2)cc1. The molecule has 70 heavy (non-hydrogen) atoms. The van der Waals surface area contributed by atoms with Crippen LogP contribution in [0.15, 0.2) is 255 Å². The molecule has 4 heterocycles. The summed E-state index contributed by atoms with van der Waals surface area (Å²) in [5.41, 5.74) is 8.56. The number of para-hydroxylation sites is 3. The van der Waals surface area contributed by atoms with Gasteiger partial charge in [-0.3, -0.25) is 4.57 Å². The third-order valence-corrected chi connectivity index (χ3v) is 20.2. The van der Waals surface area contributed by atoms with Gasteiger partial charge in [-0.25, -0.2) is 9.97 Å². The highest BCUT2D eigenvalue weighted by Crippen LogP contribution is 2.39. The molecule has 14 aromatic rings. The lowest BCUT2D eigenvalue weighted by Crippen LogP contribution is -2.74. The van der Waals surface area contributed by atoms with E-state index in [9.17, 15) is 0 Å². The number of fused-ring (bicyclic) bond motifs is 9. The lowest BCUT2D eigenvalue weighted by Gasteiger charge is -2.34. The fourth-order valence-electron chi connectivity index (χ4n) is 11.2. The van der Waals surface area contributed by atoms with Gasteiger partial charge in [0.15, 0.2) is 13.9 Å². The van der Waals surface area contributed by atoms with E-state index >= 15 is 0 Å². The second-order valence-electron chi connectivity index (χ2n) is 18.1. The molecule has 0 atom stereocenters. The van der Waals surface area contributed by atoms with Crippen molar-refractivity contribution in [1.29, 1.82) is 0 Å². The van der Waals surface area contributed by atoms with Crippen LogP contribution in [0.2, 0.25) is 0 Å². The number of rotatable bonds is 8. The molecule has 0 unspecified atom stereocenters. The topological polar surface area (TPSA) is 35.6 Å². The van der Waals surface area contributed by atoms with Crippen molar-refractivity contribution in [2.24, 2.45) is 0 Å². The number of hydrogen-bond acceptors (Lipinski definition) is 3. The van der Waals surface area contributed by atoms with Gasteiger partial charge >= 0.3 is 0 Å². The van der Waals surface area contributed by atoms with Gasteiger partial charge in [0.25, 0.3) is 0 Å². The van der Waals surface area contributed by atoms with E-state index in [4.69, 9.17) is 9.97 Å². The smallest absolute Gasteiger partial charge is 0.179 e. The van der Waals surface area contributed by atoms with Crippen molar-refractivity contribution in [3.05, 3.63) is 255 Å². The van der Waals surface area contributed by atoms with E-state index in [0.29, 0.717) is 5.82 Å². The van der Waals surface area contributed by atoms with Crippen LogP contribution in [0.1, 0.15) is 0 Å². The summed E-state index contributed by atoms with van der Waals surface area (Å²) in [6, 6.07) is 93.1. The molecule has 0 aliphatic rings. The van der Waals surface area contributed by atoms with Crippen LogP contribution >= 0.6 is 11.3 Å². The van der Waals surface area contributed by atoms with E-state index in [1.165, 1.54) is 68.1 Å². The minimum absolute atomic E-state index is 0.676. The van der Waals surface area contributed by atoms with Crippen LogP contribution in [0.5, 0.6) is 0 Å². The summed E-state index contributed by atoms with van der Waals surface area (Å²) in [4.78, 5) is 11.0. The second-order valence-corrected chi connectivity index (χ2v) is 23.0. The van der Waals surface area contributed by atoms with E-state index in [1.54, 1.807) is 0 Å². The Bertz CT molecular complexity index is 4140. The van der Waals surface area contributed by atoms with Crippen molar-refractivity contribution in [3.8, 4) is 34.2 Å². The van der Waals surface area contributed by atoms with Gasteiger partial charge in [-0.15, -0.1) is 11.3 Å². The minimum atomic E-state index is -2.74. The molecule has 0 saturated heterocycles. The van der Waals surface area contributed by atoms with Crippen LogP contribution in [0.25, 0.3) is 97.9 Å². The Morgan fingerprint density at radius 1 is 0.314 bits per heavy atom. The zero-order chi connectivity index (χ0) is 46.2. The van der Waals surface area contributed by atoms with Gasteiger partial charge in [0.1, 0.15) is 5.82 Å². The Morgan fingerprint density at radius 3 is 1.40 bits per heavy atom. The van der Waals surface area contributed by atoms with Crippen molar-refractivity contribution in [2.75, 3.05) is 0 Å². The molecule has 6 heteroatoms. The van der Waals surface area contributed by atoms with Crippen LogP contribution in [0, 0.1) is 0 Å². The van der Waals surface area contributed by atoms with Crippen LogP contribution in [0.4, 0.5) is 0 Å². The summed E-state index contributed by atoms with van der Waals surface area (Å²) in [6.07, 6.45) is 0. The van der Waals surface area contributed by atoms with E-state index in [1.807, 2.05) is 11.3 Å². The van der Waals surface area contributed by atoms with Crippen LogP contribution < -0.4 is 20.7 Å². The van der Waals surface area contributed by atoms with Gasteiger partial charge in [0, 0.05) is 64.6 Å². The molecule has 0 spiro atoms. The van der Waals surface area contributed by atoms with Crippen molar-refractivity contribution < 1.29 is 0 Å². The van der Waals surface area contributed by atoms with Gasteiger partial charge < -0.3 is 4.57 Å². The Balaban J connectivity index is 0.981. The zero-order valence-electron chi connectivity index (χ0n) is 37.9. The first-order valence-corrected chi connectivity index (χ1v) is 26.6. The number of nitrogens with zero attached hydrogens (tertiary/aromatic N) is 4. The molecule has 0 bridgehead atoms. The Labute approximate surface area is 409 Å². The van der Waals surface area contributed by atoms with Gasteiger partial charge in [-0.05, 0) is 69.3 Å². The van der Waals surface area contributed by atoms with E-state index in [2.05, 4.69) is 264 Å². The first-order valence-electron chi connectivity index (χ1n) is 23.8. The maximum absolute atomic E-state index is 5.55. The highest BCUT2D eigenvalue weighted by atomic mass is 32.1. The largest absolute Gasteiger partial charge is 0.309 e. The number of thiophene rings is 1. The summed E-state index contributed by atoms with van der Waals surface area (Å²) in [5, 5.41) is 12.7. The molecule has 14 rings (SSSR count). The molecule has 0 saturated carbocycles. The molecule has 0 fully saturated rings. The third kappa shape index (κ3) is 6.27. The van der Waals surface area contributed by atoms with Crippen LogP contribution in [-0.2, 0) is 0 Å². The Kier molecular flexibility index (Phi) is 9.37. The Hall–Kier alpha value is -8.68. The zero-order valence-corrected chi connectivity index (χ0v) is 39.8. The number of benzene rings is 10. The van der Waals surface area contributed by atoms with E-state index in [-0.39, 0.29) is 0 Å². The first-order chi connectivity index (χ1) is 34.7. The number of aromatic nitrogens is 4. The predicted octanol–water partition coefficient (Wildman–Crippen LogP) is 13.8. The molecular formula is C64H42N4SSi. The maximum Gasteiger partial charge on any atom is 0.179 e. The first kappa shape index (κ1) is 40.4. The second kappa shape index (κ2) is 16.2. The van der Waals surface area contributed by atoms with Crippen molar-refractivity contribution >= 4 is 104 Å². The molecule has 0 radical (unpaired) electrons. The predicted molar refractivity (Wildman–Crippen MR) is 298 cm³/mol. The maximum atomic E-state index is 5.55. The summed E-state index contributed by atoms with van der Waals surface area (Å²) in [6.45, 7) is 0. The fourth-order valence-corrected chi connectivity index (χ4v) is 17.1. The molecule has 10 aromatic carbocycles. The quantitative estimate of drug-likeness (QED) is 0.112. The minimum Gasteiger partial charge on any atom is -0.309 e. The van der Waals surface area contributed by atoms with Crippen molar-refractivity contribution in [2.45, 2.75) is 0 Å². The molecule has 328 valence electrons. The lowest BCUT2D eigenvalue weighted by molar-refractivity contribution is 1.05. The average molecular weight is 927 g/mol. The Morgan fingerprint density at radius 2 is 0.786 bits per heavy atom. The molecule has 4 nitrogen and oxygen atoms in total. The third-order valence-electron chi connectivity index (χ3n) is 14.3. The van der Waals surface area contributed by atoms with E-state index < -0.39 is 8.07 Å². The normalized spacial score (nSPS) is 12.0. The molecule has 0 aliphatic heterocycles. The molecule has 0 amide bonds. The highest BCUT2D eigenvalue weighted by molar-refractivity contribution is 7.25. The van der Waals surface area contributed by atoms with Gasteiger partial charge in [-0.2, -0.15) is 0 Å². The fraction of sp³-hybridized carbons (Fsp3) is 0. The summed E-state index contributed by atoms with van der Waals surface area (Å²) in [5.74, 6) is 1.49. The van der Waals surface area contributed by atoms with Crippen molar-refractivity contribution in [1.82, 2.24) is 19.1 Å². The van der Waals surface area contributed by atoms with Crippen LogP contribution in [-0.4, -0.2) is 27.2 Å². The number of hydrogen-bond donors (Lipinski definition) is 0. The molecular weight excluding hydrogens is 885 g/mol. The monoisotopic (exact) mass is 926 g/mol. The van der Waals surface area contributed by atoms with Gasteiger partial charge in [0.2, 0.25) is 0 Å². The lowest BCUT2D eigenvalue weighted by atomic mass is 10.1. The molecule has 0 N–H and O–H groups in total. The summed E-state index contributed by atoms with van der Waals surface area (Å²) in [7, 11) is -2.74. The summed E-state index contributed by atoms with van der Waals surface area (Å²) < 4.78 is 7.25. The average Bonchev–Trinajstić information content (AvgIpc) is 4.09. The highest BCUT2D eigenvalue weighted by Gasteiger charge is 2.41. The summed E-state index contributed by atoms with van der Waals surface area (Å²) >= 11 is 1.83. The van der Waals surface area contributed by atoms with Crippen LogP contribution in [0.3, 0.4) is 0 Å². The molecule has 4 aromatic heterocycles.